The van der Waals surface area contributed by atoms with Crippen LogP contribution < -0.4 is 31.0 Å². The van der Waals surface area contributed by atoms with Gasteiger partial charge in [-0.25, -0.2) is 0 Å². The molecule has 6 rings (SSSR count). The fourth-order valence-corrected chi connectivity index (χ4v) is 7.48. The Hall–Kier alpha value is -6.16. The first-order chi connectivity index (χ1) is 29.3. The Morgan fingerprint density at radius 3 is 1.27 bits per heavy atom. The lowest BCUT2D eigenvalue weighted by molar-refractivity contribution is 0.101. The predicted molar refractivity (Wildman–Crippen MR) is 243 cm³/mol. The summed E-state index contributed by atoms with van der Waals surface area (Å²) in [4.78, 5) is 60.2. The highest BCUT2D eigenvalue weighted by Crippen LogP contribution is 2.33. The maximum absolute atomic E-state index is 13.7. The molecule has 2 aromatic heterocycles. The first-order valence-corrected chi connectivity index (χ1v) is 21.7. The van der Waals surface area contributed by atoms with Gasteiger partial charge in [0.15, 0.2) is 0 Å². The lowest BCUT2D eigenvalue weighted by Crippen LogP contribution is -2.23. The SMILES string of the molecule is CCCCc1cc(CCCC)c(OCCOc2cc(NC(=O)c3c[nH]c4ccccc4c3=O)c(CCCC)cc2CCCC)cc1NC(=O)c1c[nH]c2ccccc2c1=O. The number of fused-ring (bicyclic) bond motifs is 2. The molecule has 0 aliphatic heterocycles. The number of aryl methyl sites for hydroxylation is 4. The number of anilines is 2. The van der Waals surface area contributed by atoms with Gasteiger partial charge in [0.05, 0.1) is 0 Å². The van der Waals surface area contributed by atoms with Crippen LogP contribution in [-0.4, -0.2) is 35.0 Å². The van der Waals surface area contributed by atoms with Crippen molar-refractivity contribution in [2.75, 3.05) is 23.8 Å². The van der Waals surface area contributed by atoms with Crippen molar-refractivity contribution in [1.29, 1.82) is 0 Å². The first kappa shape index (κ1) is 43.4. The van der Waals surface area contributed by atoms with Gasteiger partial charge in [-0.05, 0) is 97.9 Å². The zero-order valence-corrected chi connectivity index (χ0v) is 35.4. The van der Waals surface area contributed by atoms with E-state index < -0.39 is 11.8 Å². The molecule has 0 radical (unpaired) electrons. The molecule has 0 aliphatic rings. The average molecular weight is 811 g/mol. The molecule has 6 aromatic rings. The largest absolute Gasteiger partial charge is 0.490 e. The standard InChI is InChI=1S/C50H58N4O6/c1-5-9-17-33-27-35(19-11-7-3)45(29-43(33)53-49(57)39-31-51-41-23-15-13-21-37(41)47(39)55)59-25-26-60-46-30-44(34(18-10-6-2)28-36(46)20-12-8-4)54-50(58)40-32-52-42-24-16-14-22-38(42)48(40)56/h13-16,21-24,27-32H,5-12,17-20,25-26H2,1-4H3,(H,51,55)(H,52,56)(H,53,57)(H,54,58). The molecule has 60 heavy (non-hydrogen) atoms. The Kier molecular flexibility index (Phi) is 15.3. The van der Waals surface area contributed by atoms with Gasteiger partial charge in [-0.2, -0.15) is 0 Å². The van der Waals surface area contributed by atoms with Crippen molar-refractivity contribution in [3.05, 3.63) is 139 Å². The van der Waals surface area contributed by atoms with Crippen LogP contribution in [0.4, 0.5) is 11.4 Å². The lowest BCUT2D eigenvalue weighted by atomic mass is 9.98. The van der Waals surface area contributed by atoms with Crippen molar-refractivity contribution >= 4 is 45.0 Å². The van der Waals surface area contributed by atoms with Crippen LogP contribution >= 0.6 is 0 Å². The zero-order valence-electron chi connectivity index (χ0n) is 35.4. The average Bonchev–Trinajstić information content (AvgIpc) is 3.26. The Morgan fingerprint density at radius 2 is 0.883 bits per heavy atom. The minimum atomic E-state index is -0.481. The molecule has 2 amide bonds. The summed E-state index contributed by atoms with van der Waals surface area (Å²) in [5, 5.41) is 7.01. The number of aromatic amines is 2. The molecule has 0 saturated heterocycles. The molecule has 0 bridgehead atoms. The summed E-state index contributed by atoms with van der Waals surface area (Å²) < 4.78 is 12.9. The van der Waals surface area contributed by atoms with E-state index in [9.17, 15) is 19.2 Å². The molecule has 4 N–H and O–H groups in total. The predicted octanol–water partition coefficient (Wildman–Crippen LogP) is 10.7. The van der Waals surface area contributed by atoms with Gasteiger partial charge in [0.25, 0.3) is 11.8 Å². The number of H-pyrrole nitrogens is 2. The number of amides is 2. The number of rotatable bonds is 21. The van der Waals surface area contributed by atoms with Crippen molar-refractivity contribution in [3.8, 4) is 11.5 Å². The number of pyridine rings is 2. The van der Waals surface area contributed by atoms with E-state index in [0.717, 1.165) is 99.3 Å². The van der Waals surface area contributed by atoms with E-state index in [1.54, 1.807) is 24.3 Å². The zero-order chi connectivity index (χ0) is 42.4. The van der Waals surface area contributed by atoms with E-state index in [1.807, 2.05) is 36.4 Å². The number of unbranched alkanes of at least 4 members (excludes halogenated alkanes) is 4. The molecule has 0 aliphatic carbocycles. The number of carbonyl (C=O) groups excluding carboxylic acids is 2. The number of hydrogen-bond donors (Lipinski definition) is 4. The van der Waals surface area contributed by atoms with E-state index >= 15 is 0 Å². The van der Waals surface area contributed by atoms with Gasteiger partial charge in [0.1, 0.15) is 35.8 Å². The van der Waals surface area contributed by atoms with Gasteiger partial charge < -0.3 is 30.1 Å². The minimum absolute atomic E-state index is 0.0419. The maximum atomic E-state index is 13.7. The quantitative estimate of drug-likeness (QED) is 0.0533. The highest BCUT2D eigenvalue weighted by atomic mass is 16.5. The molecule has 4 aromatic carbocycles. The second-order valence-electron chi connectivity index (χ2n) is 15.4. The van der Waals surface area contributed by atoms with Crippen LogP contribution in [0.15, 0.2) is 94.8 Å². The molecule has 2 heterocycles. The van der Waals surface area contributed by atoms with E-state index in [-0.39, 0.29) is 35.2 Å². The Morgan fingerprint density at radius 1 is 0.517 bits per heavy atom. The Labute approximate surface area is 352 Å². The van der Waals surface area contributed by atoms with Gasteiger partial charge in [0, 0.05) is 57.7 Å². The summed E-state index contributed by atoms with van der Waals surface area (Å²) in [6.07, 6.45) is 14.0. The van der Waals surface area contributed by atoms with Gasteiger partial charge >= 0.3 is 0 Å². The van der Waals surface area contributed by atoms with Crippen molar-refractivity contribution in [3.63, 3.8) is 0 Å². The molecule has 10 heteroatoms. The fourth-order valence-electron chi connectivity index (χ4n) is 7.48. The second-order valence-corrected chi connectivity index (χ2v) is 15.4. The summed E-state index contributed by atoms with van der Waals surface area (Å²) in [7, 11) is 0. The number of nitrogens with one attached hydrogen (secondary N) is 4. The van der Waals surface area contributed by atoms with Crippen LogP contribution in [0.2, 0.25) is 0 Å². The third kappa shape index (κ3) is 10.5. The third-order valence-electron chi connectivity index (χ3n) is 10.9. The number of ether oxygens (including phenoxy) is 2. The number of carbonyl (C=O) groups is 2. The minimum Gasteiger partial charge on any atom is -0.490 e. The molecule has 314 valence electrons. The molecular weight excluding hydrogens is 753 g/mol. The molecular formula is C50H58N4O6. The van der Waals surface area contributed by atoms with Crippen LogP contribution in [0, 0.1) is 0 Å². The van der Waals surface area contributed by atoms with E-state index in [4.69, 9.17) is 9.47 Å². The molecule has 0 atom stereocenters. The van der Waals surface area contributed by atoms with Crippen LogP contribution in [0.3, 0.4) is 0 Å². The van der Waals surface area contributed by atoms with E-state index in [1.165, 1.54) is 12.4 Å². The van der Waals surface area contributed by atoms with Crippen LogP contribution in [-0.2, 0) is 25.7 Å². The molecule has 0 unspecified atom stereocenters. The molecule has 0 fully saturated rings. The number of para-hydroxylation sites is 2. The van der Waals surface area contributed by atoms with Crippen molar-refractivity contribution in [2.45, 2.75) is 105 Å². The summed E-state index contributed by atoms with van der Waals surface area (Å²) >= 11 is 0. The number of benzene rings is 4. The van der Waals surface area contributed by atoms with Gasteiger partial charge in [0.2, 0.25) is 10.9 Å². The van der Waals surface area contributed by atoms with Gasteiger partial charge in [-0.3, -0.25) is 19.2 Å². The fraction of sp³-hybridized carbons (Fsp3) is 0.360. The monoisotopic (exact) mass is 810 g/mol. The van der Waals surface area contributed by atoms with E-state index in [2.05, 4.69) is 60.4 Å². The Bertz CT molecular complexity index is 2380. The van der Waals surface area contributed by atoms with Crippen LogP contribution in [0.5, 0.6) is 11.5 Å². The van der Waals surface area contributed by atoms with Crippen molar-refractivity contribution in [2.24, 2.45) is 0 Å². The number of hydrogen-bond acceptors (Lipinski definition) is 6. The smallest absolute Gasteiger partial charge is 0.261 e. The molecule has 0 spiro atoms. The van der Waals surface area contributed by atoms with Crippen LogP contribution in [0.1, 0.15) is 122 Å². The molecule has 0 saturated carbocycles. The van der Waals surface area contributed by atoms with Crippen LogP contribution in [0.25, 0.3) is 21.8 Å². The van der Waals surface area contributed by atoms with Gasteiger partial charge in [-0.1, -0.05) is 89.8 Å². The Balaban J connectivity index is 1.25. The van der Waals surface area contributed by atoms with E-state index in [0.29, 0.717) is 44.7 Å². The number of aromatic nitrogens is 2. The normalized spacial score (nSPS) is 11.2. The summed E-state index contributed by atoms with van der Waals surface area (Å²) in [5.41, 5.74) is 6.12. The van der Waals surface area contributed by atoms with Gasteiger partial charge in [-0.15, -0.1) is 0 Å². The summed E-state index contributed by atoms with van der Waals surface area (Å²) in [6, 6.07) is 22.4. The topological polar surface area (TPSA) is 142 Å². The summed E-state index contributed by atoms with van der Waals surface area (Å²) in [5.74, 6) is 0.352. The lowest BCUT2D eigenvalue weighted by Gasteiger charge is -2.20. The highest BCUT2D eigenvalue weighted by Gasteiger charge is 2.20. The second kappa shape index (κ2) is 21.2. The third-order valence-corrected chi connectivity index (χ3v) is 10.9. The summed E-state index contributed by atoms with van der Waals surface area (Å²) in [6.45, 7) is 9.04. The first-order valence-electron chi connectivity index (χ1n) is 21.7. The highest BCUT2D eigenvalue weighted by molar-refractivity contribution is 6.07. The molecule has 10 nitrogen and oxygen atoms in total. The van der Waals surface area contributed by atoms with Crippen molar-refractivity contribution in [1.82, 2.24) is 9.97 Å². The van der Waals surface area contributed by atoms with Crippen molar-refractivity contribution < 1.29 is 19.1 Å². The maximum Gasteiger partial charge on any atom is 0.261 e.